The van der Waals surface area contributed by atoms with Gasteiger partial charge in [0.1, 0.15) is 28.9 Å². The first kappa shape index (κ1) is 21.8. The maximum Gasteiger partial charge on any atom is 0.226 e. The van der Waals surface area contributed by atoms with Crippen LogP contribution in [0, 0.1) is 12.3 Å². The van der Waals surface area contributed by atoms with E-state index in [9.17, 15) is 0 Å². The van der Waals surface area contributed by atoms with E-state index in [0.717, 1.165) is 42.9 Å². The molecule has 1 aliphatic rings. The molecule has 3 aromatic heterocycles. The molecule has 2 N–H and O–H groups in total. The highest BCUT2D eigenvalue weighted by Crippen LogP contribution is 2.31. The Morgan fingerprint density at radius 2 is 1.92 bits per heavy atom. The van der Waals surface area contributed by atoms with Gasteiger partial charge < -0.3 is 24.8 Å². The van der Waals surface area contributed by atoms with Gasteiger partial charge in [0.2, 0.25) is 5.95 Å². The van der Waals surface area contributed by atoms with Crippen LogP contribution in [0.4, 0.5) is 17.5 Å². The van der Waals surface area contributed by atoms with Crippen molar-refractivity contribution in [1.29, 1.82) is 0 Å². The van der Waals surface area contributed by atoms with Gasteiger partial charge in [-0.3, -0.25) is 0 Å². The summed E-state index contributed by atoms with van der Waals surface area (Å²) in [6, 6.07) is 11.3. The Balaban J connectivity index is 1.28. The predicted molar refractivity (Wildman–Crippen MR) is 139 cm³/mol. The Bertz CT molecular complexity index is 1620. The van der Waals surface area contributed by atoms with Gasteiger partial charge in [-0.15, -0.1) is 6.42 Å². The van der Waals surface area contributed by atoms with Crippen LogP contribution in [-0.4, -0.2) is 55.7 Å². The first-order valence-corrected chi connectivity index (χ1v) is 11.6. The second-order valence-corrected chi connectivity index (χ2v) is 8.45. The van der Waals surface area contributed by atoms with Gasteiger partial charge in [0.05, 0.1) is 29.1 Å². The van der Waals surface area contributed by atoms with Crippen molar-refractivity contribution in [2.45, 2.75) is 0 Å². The number of anilines is 3. The molecule has 0 aliphatic carbocycles. The lowest BCUT2D eigenvalue weighted by molar-refractivity contribution is 0.482. The molecule has 10 nitrogen and oxygen atoms in total. The number of nitrogens with zero attached hydrogens (tertiary/aromatic N) is 7. The van der Waals surface area contributed by atoms with E-state index >= 15 is 0 Å². The standard InChI is InChI=1S/C26H23N9O/c1-3-17-12-18(4-7-23(17)36-19-5-6-22-20(13-19)31-16-34(22)2)32-25-24-21(29-15-30-25)14-28-26(33-24)35-10-8-27-9-11-35/h1,4-7,12-16,27H,8-11H2,2H3,(H,29,30,32). The maximum absolute atomic E-state index is 6.10. The van der Waals surface area contributed by atoms with Crippen molar-refractivity contribution in [3.63, 3.8) is 0 Å². The van der Waals surface area contributed by atoms with Gasteiger partial charge in [-0.05, 0) is 30.3 Å². The zero-order chi connectivity index (χ0) is 24.5. The number of ether oxygens (including phenoxy) is 1. The van der Waals surface area contributed by atoms with Gasteiger partial charge in [-0.25, -0.2) is 24.9 Å². The first-order chi connectivity index (χ1) is 17.7. The second kappa shape index (κ2) is 9.13. The fourth-order valence-electron chi connectivity index (χ4n) is 4.21. The molecule has 0 radical (unpaired) electrons. The van der Waals surface area contributed by atoms with E-state index in [2.05, 4.69) is 41.4 Å². The van der Waals surface area contributed by atoms with Crippen LogP contribution in [-0.2, 0) is 7.05 Å². The molecular weight excluding hydrogens is 454 g/mol. The minimum Gasteiger partial charge on any atom is -0.456 e. The van der Waals surface area contributed by atoms with Crippen molar-refractivity contribution >= 4 is 39.5 Å². The van der Waals surface area contributed by atoms with E-state index in [0.29, 0.717) is 39.9 Å². The molecule has 10 heteroatoms. The molecule has 0 bridgehead atoms. The van der Waals surface area contributed by atoms with E-state index in [4.69, 9.17) is 16.1 Å². The van der Waals surface area contributed by atoms with Crippen LogP contribution < -0.4 is 20.3 Å². The van der Waals surface area contributed by atoms with Crippen LogP contribution in [0.2, 0.25) is 0 Å². The molecule has 1 fully saturated rings. The third kappa shape index (κ3) is 4.12. The third-order valence-electron chi connectivity index (χ3n) is 6.09. The first-order valence-electron chi connectivity index (χ1n) is 11.6. The molecule has 5 aromatic rings. The molecule has 1 saturated heterocycles. The molecule has 0 amide bonds. The number of rotatable bonds is 5. The Labute approximate surface area is 207 Å². The van der Waals surface area contributed by atoms with Crippen molar-refractivity contribution in [2.75, 3.05) is 36.4 Å². The number of piperazine rings is 1. The summed E-state index contributed by atoms with van der Waals surface area (Å²) < 4.78 is 8.06. The van der Waals surface area contributed by atoms with Crippen LogP contribution in [0.1, 0.15) is 5.56 Å². The third-order valence-corrected chi connectivity index (χ3v) is 6.09. The molecule has 0 spiro atoms. The molecule has 0 saturated carbocycles. The Kier molecular flexibility index (Phi) is 5.52. The van der Waals surface area contributed by atoms with E-state index in [1.165, 1.54) is 6.33 Å². The molecule has 4 heterocycles. The summed E-state index contributed by atoms with van der Waals surface area (Å²) in [6.45, 7) is 3.50. The van der Waals surface area contributed by atoms with Crippen molar-refractivity contribution in [1.82, 2.24) is 34.8 Å². The number of hydrogen-bond donors (Lipinski definition) is 2. The largest absolute Gasteiger partial charge is 0.456 e. The molecule has 178 valence electrons. The molecule has 2 aromatic carbocycles. The molecule has 0 atom stereocenters. The van der Waals surface area contributed by atoms with Crippen molar-refractivity contribution in [3.8, 4) is 23.8 Å². The van der Waals surface area contributed by atoms with Crippen LogP contribution in [0.3, 0.4) is 0 Å². The summed E-state index contributed by atoms with van der Waals surface area (Å²) in [6.07, 6.45) is 10.8. The zero-order valence-corrected chi connectivity index (χ0v) is 19.6. The van der Waals surface area contributed by atoms with Crippen LogP contribution in [0.5, 0.6) is 11.5 Å². The van der Waals surface area contributed by atoms with Gasteiger partial charge >= 0.3 is 0 Å². The topological polar surface area (TPSA) is 106 Å². The highest BCUT2D eigenvalue weighted by molar-refractivity contribution is 5.87. The fraction of sp³-hybridized carbons (Fsp3) is 0.192. The number of aromatic nitrogens is 6. The highest BCUT2D eigenvalue weighted by Gasteiger charge is 2.16. The average molecular weight is 478 g/mol. The van der Waals surface area contributed by atoms with Gasteiger partial charge in [0.25, 0.3) is 0 Å². The van der Waals surface area contributed by atoms with E-state index in [-0.39, 0.29) is 0 Å². The lowest BCUT2D eigenvalue weighted by Crippen LogP contribution is -2.44. The number of hydrogen-bond acceptors (Lipinski definition) is 9. The van der Waals surface area contributed by atoms with Crippen LogP contribution >= 0.6 is 0 Å². The SMILES string of the molecule is C#Cc1cc(Nc2ncnc3cnc(N4CCNCC4)nc23)ccc1Oc1ccc2c(c1)ncn2C. The smallest absolute Gasteiger partial charge is 0.226 e. The summed E-state index contributed by atoms with van der Waals surface area (Å²) in [5.74, 6) is 5.21. The number of aryl methyl sites for hydroxylation is 1. The number of terminal acetylenes is 1. The monoisotopic (exact) mass is 477 g/mol. The van der Waals surface area contributed by atoms with Crippen molar-refractivity contribution < 1.29 is 4.74 Å². The lowest BCUT2D eigenvalue weighted by atomic mass is 10.2. The van der Waals surface area contributed by atoms with Gasteiger partial charge in [-0.2, -0.15) is 0 Å². The maximum atomic E-state index is 6.10. The summed E-state index contributed by atoms with van der Waals surface area (Å²) in [4.78, 5) is 24.6. The summed E-state index contributed by atoms with van der Waals surface area (Å²) >= 11 is 0. The Morgan fingerprint density at radius 3 is 2.78 bits per heavy atom. The Hall–Kier alpha value is -4.75. The highest BCUT2D eigenvalue weighted by atomic mass is 16.5. The minimum atomic E-state index is 0.578. The molecule has 36 heavy (non-hydrogen) atoms. The predicted octanol–water partition coefficient (Wildman–Crippen LogP) is 3.23. The minimum absolute atomic E-state index is 0.578. The summed E-state index contributed by atoms with van der Waals surface area (Å²) in [7, 11) is 1.96. The van der Waals surface area contributed by atoms with Crippen LogP contribution in [0.25, 0.3) is 22.1 Å². The van der Waals surface area contributed by atoms with Gasteiger partial charge in [0, 0.05) is 45.0 Å². The molecule has 6 rings (SSSR count). The van der Waals surface area contributed by atoms with E-state index in [1.54, 1.807) is 12.5 Å². The van der Waals surface area contributed by atoms with E-state index in [1.807, 2.05) is 48.0 Å². The number of benzene rings is 2. The fourth-order valence-corrected chi connectivity index (χ4v) is 4.21. The lowest BCUT2D eigenvalue weighted by Gasteiger charge is -2.27. The number of fused-ring (bicyclic) bond motifs is 2. The number of imidazole rings is 1. The second-order valence-electron chi connectivity index (χ2n) is 8.45. The summed E-state index contributed by atoms with van der Waals surface area (Å²) in [5.41, 5.74) is 4.56. The van der Waals surface area contributed by atoms with Crippen LogP contribution in [0.15, 0.2) is 55.2 Å². The summed E-state index contributed by atoms with van der Waals surface area (Å²) in [5, 5.41) is 6.67. The molecule has 1 aliphatic heterocycles. The number of nitrogens with one attached hydrogen (secondary N) is 2. The quantitative estimate of drug-likeness (QED) is 0.369. The Morgan fingerprint density at radius 1 is 1.03 bits per heavy atom. The van der Waals surface area contributed by atoms with Gasteiger partial charge in [-0.1, -0.05) is 5.92 Å². The zero-order valence-electron chi connectivity index (χ0n) is 19.6. The van der Waals surface area contributed by atoms with Crippen molar-refractivity contribution in [3.05, 3.63) is 60.8 Å². The normalized spacial score (nSPS) is 13.6. The van der Waals surface area contributed by atoms with Gasteiger partial charge in [0.15, 0.2) is 5.82 Å². The molecule has 0 unspecified atom stereocenters. The van der Waals surface area contributed by atoms with E-state index < -0.39 is 0 Å². The molecular formula is C26H23N9O. The average Bonchev–Trinajstić information content (AvgIpc) is 3.29. The van der Waals surface area contributed by atoms with Crippen molar-refractivity contribution in [2.24, 2.45) is 7.05 Å².